The fourth-order valence-corrected chi connectivity index (χ4v) is 3.28. The van der Waals surface area contributed by atoms with Gasteiger partial charge in [0.15, 0.2) is 0 Å². The van der Waals surface area contributed by atoms with E-state index >= 15 is 0 Å². The van der Waals surface area contributed by atoms with Gasteiger partial charge in [-0.1, -0.05) is 12.1 Å². The van der Waals surface area contributed by atoms with Crippen LogP contribution in [-0.4, -0.2) is 26.3 Å². The molecule has 0 unspecified atom stereocenters. The van der Waals surface area contributed by atoms with Crippen molar-refractivity contribution >= 4 is 28.4 Å². The summed E-state index contributed by atoms with van der Waals surface area (Å²) in [4.78, 5) is 2.32. The molecule has 4 rings (SSSR count). The highest BCUT2D eigenvalue weighted by Gasteiger charge is 2.10. The van der Waals surface area contributed by atoms with Crippen LogP contribution in [0.5, 0.6) is 0 Å². The molecule has 0 saturated carbocycles. The van der Waals surface area contributed by atoms with Crippen LogP contribution in [0.4, 0.5) is 28.4 Å². The third-order valence-corrected chi connectivity index (χ3v) is 4.96. The van der Waals surface area contributed by atoms with Crippen LogP contribution in [0.2, 0.25) is 0 Å². The second kappa shape index (κ2) is 9.41. The maximum atomic E-state index is 5.41. The largest absolute Gasteiger partial charge is 0.378 e. The fraction of sp³-hybridized carbons (Fsp3) is 0.250. The van der Waals surface area contributed by atoms with Gasteiger partial charge in [0.25, 0.3) is 0 Å². The van der Waals surface area contributed by atoms with Crippen LogP contribution in [0.3, 0.4) is 0 Å². The summed E-state index contributed by atoms with van der Waals surface area (Å²) in [5.74, 6) is 0. The predicted molar refractivity (Wildman–Crippen MR) is 120 cm³/mol. The van der Waals surface area contributed by atoms with Crippen molar-refractivity contribution in [1.82, 2.24) is 0 Å². The van der Waals surface area contributed by atoms with Crippen molar-refractivity contribution in [3.8, 4) is 0 Å². The van der Waals surface area contributed by atoms with E-state index in [1.54, 1.807) is 0 Å². The van der Waals surface area contributed by atoms with Crippen molar-refractivity contribution in [2.75, 3.05) is 31.2 Å². The number of azo groups is 2. The van der Waals surface area contributed by atoms with E-state index in [2.05, 4.69) is 37.5 Å². The fourth-order valence-electron chi connectivity index (χ4n) is 3.28. The van der Waals surface area contributed by atoms with E-state index in [9.17, 15) is 0 Å². The number of benzene rings is 3. The zero-order valence-corrected chi connectivity index (χ0v) is 17.3. The molecule has 0 bridgehead atoms. The first-order valence-corrected chi connectivity index (χ1v) is 10.1. The first kappa shape index (κ1) is 19.9. The topological polar surface area (TPSA) is 61.9 Å². The Morgan fingerprint density at radius 3 is 2.10 bits per heavy atom. The van der Waals surface area contributed by atoms with Crippen LogP contribution in [0.25, 0.3) is 0 Å². The quantitative estimate of drug-likeness (QED) is 0.435. The van der Waals surface area contributed by atoms with E-state index in [0.717, 1.165) is 60.2 Å². The molecule has 6 nitrogen and oxygen atoms in total. The number of hydrogen-bond acceptors (Lipinski definition) is 6. The molecule has 1 heterocycles. The van der Waals surface area contributed by atoms with Gasteiger partial charge in [-0.05, 0) is 79.6 Å². The zero-order chi connectivity index (χ0) is 20.8. The van der Waals surface area contributed by atoms with Crippen LogP contribution in [-0.2, 0) is 4.74 Å². The minimum Gasteiger partial charge on any atom is -0.378 e. The Hall–Kier alpha value is -3.38. The van der Waals surface area contributed by atoms with E-state index in [1.807, 2.05) is 68.4 Å². The Balaban J connectivity index is 1.42. The molecule has 0 N–H and O–H groups in total. The van der Waals surface area contributed by atoms with Crippen molar-refractivity contribution in [3.05, 3.63) is 77.9 Å². The summed E-state index contributed by atoms with van der Waals surface area (Å²) in [5.41, 5.74) is 6.65. The molecule has 0 aliphatic carbocycles. The number of morpholine rings is 1. The number of hydrogen-bond donors (Lipinski definition) is 0. The Bertz CT molecular complexity index is 1050. The van der Waals surface area contributed by atoms with E-state index in [1.165, 1.54) is 5.69 Å². The highest BCUT2D eigenvalue weighted by Crippen LogP contribution is 2.28. The summed E-state index contributed by atoms with van der Waals surface area (Å²) in [6.07, 6.45) is 0. The van der Waals surface area contributed by atoms with Crippen LogP contribution in [0.1, 0.15) is 11.1 Å². The lowest BCUT2D eigenvalue weighted by atomic mass is 10.2. The van der Waals surface area contributed by atoms with Crippen molar-refractivity contribution in [3.63, 3.8) is 0 Å². The SMILES string of the molecule is Cc1cccc(N=Nc2ccc(N=Nc3ccc(N4CCOCC4)cc3)cc2C)c1. The van der Waals surface area contributed by atoms with Gasteiger partial charge in [0.2, 0.25) is 0 Å². The van der Waals surface area contributed by atoms with Crippen molar-refractivity contribution in [2.45, 2.75) is 13.8 Å². The van der Waals surface area contributed by atoms with E-state index < -0.39 is 0 Å². The van der Waals surface area contributed by atoms with Crippen LogP contribution in [0.15, 0.2) is 87.2 Å². The number of nitrogens with zero attached hydrogens (tertiary/aromatic N) is 5. The molecule has 3 aromatic carbocycles. The normalized spacial score (nSPS) is 14.7. The second-order valence-electron chi connectivity index (χ2n) is 7.33. The van der Waals surface area contributed by atoms with Crippen LogP contribution in [0, 0.1) is 13.8 Å². The average molecular weight is 399 g/mol. The smallest absolute Gasteiger partial charge is 0.0887 e. The molecule has 6 heteroatoms. The lowest BCUT2D eigenvalue weighted by Gasteiger charge is -2.28. The summed E-state index contributed by atoms with van der Waals surface area (Å²) < 4.78 is 5.41. The number of ether oxygens (including phenoxy) is 1. The van der Waals surface area contributed by atoms with Gasteiger partial charge in [-0.25, -0.2) is 0 Å². The monoisotopic (exact) mass is 399 g/mol. The summed E-state index contributed by atoms with van der Waals surface area (Å²) in [5, 5.41) is 17.4. The highest BCUT2D eigenvalue weighted by atomic mass is 16.5. The number of aryl methyl sites for hydroxylation is 2. The molecule has 0 radical (unpaired) electrons. The minimum absolute atomic E-state index is 0.779. The zero-order valence-electron chi connectivity index (χ0n) is 17.3. The Kier molecular flexibility index (Phi) is 6.25. The summed E-state index contributed by atoms with van der Waals surface area (Å²) in [6.45, 7) is 7.45. The van der Waals surface area contributed by atoms with Crippen molar-refractivity contribution in [1.29, 1.82) is 0 Å². The van der Waals surface area contributed by atoms with Crippen LogP contribution >= 0.6 is 0 Å². The van der Waals surface area contributed by atoms with Gasteiger partial charge in [-0.15, -0.1) is 0 Å². The first-order chi connectivity index (χ1) is 14.7. The van der Waals surface area contributed by atoms with Gasteiger partial charge in [-0.2, -0.15) is 20.5 Å². The van der Waals surface area contributed by atoms with Crippen LogP contribution < -0.4 is 4.90 Å². The van der Waals surface area contributed by atoms with E-state index in [4.69, 9.17) is 4.74 Å². The molecule has 3 aromatic rings. The third kappa shape index (κ3) is 5.15. The number of rotatable bonds is 5. The maximum absolute atomic E-state index is 5.41. The first-order valence-electron chi connectivity index (χ1n) is 10.1. The van der Waals surface area contributed by atoms with Gasteiger partial charge in [0.1, 0.15) is 0 Å². The summed E-state index contributed by atoms with van der Waals surface area (Å²) >= 11 is 0. The van der Waals surface area contributed by atoms with Gasteiger partial charge < -0.3 is 9.64 Å². The Labute approximate surface area is 176 Å². The molecule has 1 saturated heterocycles. The van der Waals surface area contributed by atoms with Crippen molar-refractivity contribution < 1.29 is 4.74 Å². The molecule has 0 spiro atoms. The number of anilines is 1. The Morgan fingerprint density at radius 2 is 1.37 bits per heavy atom. The molecule has 1 fully saturated rings. The van der Waals surface area contributed by atoms with Gasteiger partial charge >= 0.3 is 0 Å². The lowest BCUT2D eigenvalue weighted by molar-refractivity contribution is 0.122. The maximum Gasteiger partial charge on any atom is 0.0887 e. The molecule has 0 amide bonds. The third-order valence-electron chi connectivity index (χ3n) is 4.96. The molecule has 1 aliphatic heterocycles. The molecule has 1 aliphatic rings. The predicted octanol–water partition coefficient (Wildman–Crippen LogP) is 6.97. The molecule has 30 heavy (non-hydrogen) atoms. The molecule has 0 aromatic heterocycles. The van der Waals surface area contributed by atoms with E-state index in [-0.39, 0.29) is 0 Å². The average Bonchev–Trinajstić information content (AvgIpc) is 2.78. The molecular weight excluding hydrogens is 374 g/mol. The molecular formula is C24H25N5O. The van der Waals surface area contributed by atoms with Gasteiger partial charge in [0.05, 0.1) is 36.0 Å². The van der Waals surface area contributed by atoms with Gasteiger partial charge in [0, 0.05) is 18.8 Å². The standard InChI is InChI=1S/C24H25N5O/c1-18-4-3-5-21(16-18)27-28-24-11-8-22(17-19(24)2)26-25-20-6-9-23(10-7-20)29-12-14-30-15-13-29/h3-11,16-17H,12-15H2,1-2H3. The van der Waals surface area contributed by atoms with Crippen molar-refractivity contribution in [2.24, 2.45) is 20.5 Å². The summed E-state index contributed by atoms with van der Waals surface area (Å²) in [7, 11) is 0. The molecule has 0 atom stereocenters. The minimum atomic E-state index is 0.779. The molecule has 152 valence electrons. The lowest BCUT2D eigenvalue weighted by Crippen LogP contribution is -2.36. The van der Waals surface area contributed by atoms with E-state index in [0.29, 0.717) is 0 Å². The second-order valence-corrected chi connectivity index (χ2v) is 7.33. The Morgan fingerprint density at radius 1 is 0.700 bits per heavy atom. The van der Waals surface area contributed by atoms with Gasteiger partial charge in [-0.3, -0.25) is 0 Å². The summed E-state index contributed by atoms with van der Waals surface area (Å²) in [6, 6.07) is 21.9. The highest BCUT2D eigenvalue weighted by molar-refractivity contribution is 5.55.